The van der Waals surface area contributed by atoms with Crippen LogP contribution in [-0.4, -0.2) is 30.3 Å². The monoisotopic (exact) mass is 132 g/mol. The van der Waals surface area contributed by atoms with Crippen LogP contribution in [-0.2, 0) is 0 Å². The molecule has 1 rings (SSSR count). The topological polar surface area (TPSA) is 29.3 Å². The maximum Gasteiger partial charge on any atom is 0.114 e. The van der Waals surface area contributed by atoms with Gasteiger partial charge in [0, 0.05) is 13.1 Å². The second kappa shape index (κ2) is 2.62. The van der Waals surface area contributed by atoms with E-state index in [0.717, 1.165) is 6.54 Å². The predicted octanol–water partition coefficient (Wildman–Crippen LogP) is 0.335. The molecule has 1 fully saturated rings. The summed E-state index contributed by atoms with van der Waals surface area (Å²) in [5.74, 6) is 0. The van der Waals surface area contributed by atoms with Gasteiger partial charge >= 0.3 is 0 Å². The molecular weight excluding hydrogens is 119 g/mol. The molecule has 1 heterocycles. The van der Waals surface area contributed by atoms with Gasteiger partial charge < -0.3 is 5.73 Å². The van der Waals surface area contributed by atoms with E-state index < -0.39 is 6.17 Å². The number of rotatable bonds is 1. The van der Waals surface area contributed by atoms with E-state index in [1.807, 2.05) is 11.8 Å². The molecule has 0 saturated carbocycles. The minimum Gasteiger partial charge on any atom is -0.316 e. The number of nitrogens with zero attached hydrogens (tertiary/aromatic N) is 1. The highest BCUT2D eigenvalue weighted by atomic mass is 19.1. The lowest BCUT2D eigenvalue weighted by molar-refractivity contribution is 0.237. The second-order valence-corrected chi connectivity index (χ2v) is 2.62. The van der Waals surface area contributed by atoms with Crippen molar-refractivity contribution in [3.05, 3.63) is 0 Å². The zero-order valence-corrected chi connectivity index (χ0v) is 5.68. The molecule has 1 unspecified atom stereocenters. The zero-order chi connectivity index (χ0) is 6.85. The molecule has 54 valence electrons. The molecule has 0 radical (unpaired) electrons. The highest BCUT2D eigenvalue weighted by Gasteiger charge is 2.23. The van der Waals surface area contributed by atoms with Gasteiger partial charge in [0.2, 0.25) is 0 Å². The average Bonchev–Trinajstić information content (AvgIpc) is 2.14. The summed E-state index contributed by atoms with van der Waals surface area (Å²) in [5, 5.41) is 0. The number of hydrogen-bond donors (Lipinski definition) is 1. The van der Waals surface area contributed by atoms with E-state index in [4.69, 9.17) is 5.73 Å². The average molecular weight is 132 g/mol. The highest BCUT2D eigenvalue weighted by molar-refractivity contribution is 4.76. The molecule has 0 aliphatic carbocycles. The van der Waals surface area contributed by atoms with Gasteiger partial charge in [-0.05, 0) is 13.3 Å². The lowest BCUT2D eigenvalue weighted by Crippen LogP contribution is -2.37. The SMILES string of the molecule is CC(N)N1CC[C@H](F)C1. The molecule has 9 heavy (non-hydrogen) atoms. The van der Waals surface area contributed by atoms with Gasteiger partial charge in [0.25, 0.3) is 0 Å². The highest BCUT2D eigenvalue weighted by Crippen LogP contribution is 2.12. The molecule has 0 aromatic carbocycles. The van der Waals surface area contributed by atoms with Gasteiger partial charge in [-0.3, -0.25) is 4.90 Å². The largest absolute Gasteiger partial charge is 0.316 e. The molecule has 0 aromatic rings. The molecular formula is C6H13FN2. The Hall–Kier alpha value is -0.150. The lowest BCUT2D eigenvalue weighted by Gasteiger charge is -2.18. The summed E-state index contributed by atoms with van der Waals surface area (Å²) in [7, 11) is 0. The van der Waals surface area contributed by atoms with Crippen LogP contribution < -0.4 is 5.73 Å². The Labute approximate surface area is 54.8 Å². The smallest absolute Gasteiger partial charge is 0.114 e. The van der Waals surface area contributed by atoms with Crippen LogP contribution in [0.2, 0.25) is 0 Å². The Kier molecular flexibility index (Phi) is 2.03. The van der Waals surface area contributed by atoms with E-state index in [9.17, 15) is 4.39 Å². The van der Waals surface area contributed by atoms with Gasteiger partial charge in [-0.15, -0.1) is 0 Å². The first-order chi connectivity index (χ1) is 4.20. The minimum absolute atomic E-state index is 0.0192. The first kappa shape index (κ1) is 6.96. The summed E-state index contributed by atoms with van der Waals surface area (Å²) in [5.41, 5.74) is 5.52. The number of nitrogens with two attached hydrogens (primary N) is 1. The second-order valence-electron chi connectivity index (χ2n) is 2.62. The predicted molar refractivity (Wildman–Crippen MR) is 34.7 cm³/mol. The Morgan fingerprint density at radius 1 is 1.78 bits per heavy atom. The fraction of sp³-hybridized carbons (Fsp3) is 1.00. The summed E-state index contributed by atoms with van der Waals surface area (Å²) in [6.45, 7) is 3.23. The van der Waals surface area contributed by atoms with E-state index in [-0.39, 0.29) is 6.17 Å². The maximum absolute atomic E-state index is 12.4. The third-order valence-electron chi connectivity index (χ3n) is 1.74. The van der Waals surface area contributed by atoms with Crippen LogP contribution in [0.25, 0.3) is 0 Å². The van der Waals surface area contributed by atoms with Crippen LogP contribution in [0.15, 0.2) is 0 Å². The molecule has 2 N–H and O–H groups in total. The van der Waals surface area contributed by atoms with Crippen LogP contribution >= 0.6 is 0 Å². The standard InChI is InChI=1S/C6H13FN2/c1-5(8)9-3-2-6(7)4-9/h5-6H,2-4,8H2,1H3/t5?,6-/m0/s1. The van der Waals surface area contributed by atoms with Crippen molar-refractivity contribution in [2.24, 2.45) is 5.73 Å². The third-order valence-corrected chi connectivity index (χ3v) is 1.74. The van der Waals surface area contributed by atoms with Crippen molar-refractivity contribution in [2.45, 2.75) is 25.7 Å². The van der Waals surface area contributed by atoms with Gasteiger partial charge in [0.15, 0.2) is 0 Å². The first-order valence-corrected chi connectivity index (χ1v) is 3.34. The van der Waals surface area contributed by atoms with E-state index in [0.29, 0.717) is 13.0 Å². The summed E-state index contributed by atoms with van der Waals surface area (Å²) in [4.78, 5) is 1.95. The lowest BCUT2D eigenvalue weighted by atomic mass is 10.3. The van der Waals surface area contributed by atoms with Crippen molar-refractivity contribution in [3.8, 4) is 0 Å². The van der Waals surface area contributed by atoms with Crippen molar-refractivity contribution in [2.75, 3.05) is 13.1 Å². The normalized spacial score (nSPS) is 33.0. The number of halogens is 1. The Bertz CT molecular complexity index is 95.1. The summed E-state index contributed by atoms with van der Waals surface area (Å²) < 4.78 is 12.4. The van der Waals surface area contributed by atoms with Gasteiger partial charge in [0.1, 0.15) is 6.17 Å². The fourth-order valence-electron chi connectivity index (χ4n) is 1.11. The minimum atomic E-state index is -0.643. The first-order valence-electron chi connectivity index (χ1n) is 3.34. The quantitative estimate of drug-likeness (QED) is 0.557. The van der Waals surface area contributed by atoms with E-state index in [1.54, 1.807) is 0 Å². The molecule has 0 bridgehead atoms. The molecule has 2 nitrogen and oxygen atoms in total. The third kappa shape index (κ3) is 1.63. The molecule has 1 aliphatic heterocycles. The fourth-order valence-corrected chi connectivity index (χ4v) is 1.11. The summed E-state index contributed by atoms with van der Waals surface area (Å²) in [6.07, 6.45) is 0.0309. The van der Waals surface area contributed by atoms with Crippen molar-refractivity contribution in [1.82, 2.24) is 4.90 Å². The van der Waals surface area contributed by atoms with Gasteiger partial charge in [-0.2, -0.15) is 0 Å². The van der Waals surface area contributed by atoms with Crippen molar-refractivity contribution in [1.29, 1.82) is 0 Å². The van der Waals surface area contributed by atoms with E-state index in [1.165, 1.54) is 0 Å². The van der Waals surface area contributed by atoms with Gasteiger partial charge in [0.05, 0.1) is 6.17 Å². The van der Waals surface area contributed by atoms with Crippen molar-refractivity contribution in [3.63, 3.8) is 0 Å². The van der Waals surface area contributed by atoms with Crippen LogP contribution in [0.4, 0.5) is 4.39 Å². The Morgan fingerprint density at radius 3 is 2.67 bits per heavy atom. The van der Waals surface area contributed by atoms with Gasteiger partial charge in [-0.25, -0.2) is 4.39 Å². The summed E-state index contributed by atoms with van der Waals surface area (Å²) >= 11 is 0. The number of alkyl halides is 1. The van der Waals surface area contributed by atoms with E-state index >= 15 is 0 Å². The van der Waals surface area contributed by atoms with Crippen molar-refractivity contribution < 1.29 is 4.39 Å². The molecule has 0 aromatic heterocycles. The molecule has 1 aliphatic rings. The maximum atomic E-state index is 12.4. The van der Waals surface area contributed by atoms with Crippen LogP contribution in [0.3, 0.4) is 0 Å². The van der Waals surface area contributed by atoms with Crippen molar-refractivity contribution >= 4 is 0 Å². The Morgan fingerprint density at radius 2 is 2.44 bits per heavy atom. The molecule has 0 amide bonds. The molecule has 1 saturated heterocycles. The molecule has 0 spiro atoms. The number of hydrogen-bond acceptors (Lipinski definition) is 2. The summed E-state index contributed by atoms with van der Waals surface area (Å²) in [6, 6.07) is 0. The Balaban J connectivity index is 2.30. The van der Waals surface area contributed by atoms with Crippen LogP contribution in [0.1, 0.15) is 13.3 Å². The molecule has 2 atom stereocenters. The molecule has 3 heteroatoms. The van der Waals surface area contributed by atoms with E-state index in [2.05, 4.69) is 0 Å². The number of likely N-dealkylation sites (tertiary alicyclic amines) is 1. The van der Waals surface area contributed by atoms with Crippen LogP contribution in [0, 0.1) is 0 Å². The zero-order valence-electron chi connectivity index (χ0n) is 5.68. The van der Waals surface area contributed by atoms with Gasteiger partial charge in [-0.1, -0.05) is 0 Å². The van der Waals surface area contributed by atoms with Crippen LogP contribution in [0.5, 0.6) is 0 Å².